The molecule has 0 atom stereocenters. The number of rotatable bonds is 5. The summed E-state index contributed by atoms with van der Waals surface area (Å²) < 4.78 is 0. The zero-order chi connectivity index (χ0) is 15.2. The van der Waals surface area contributed by atoms with E-state index in [1.165, 1.54) is 0 Å². The molecule has 1 aliphatic heterocycles. The van der Waals surface area contributed by atoms with Crippen LogP contribution in [0.4, 0.5) is 0 Å². The maximum atomic E-state index is 12.3. The Labute approximate surface area is 129 Å². The average molecular weight is 311 g/mol. The fourth-order valence-corrected chi connectivity index (χ4v) is 2.53. The van der Waals surface area contributed by atoms with Gasteiger partial charge in [-0.25, -0.2) is 0 Å². The van der Waals surface area contributed by atoms with E-state index in [0.29, 0.717) is 30.1 Å². The van der Waals surface area contributed by atoms with Gasteiger partial charge in [0.25, 0.3) is 5.91 Å². The van der Waals surface area contributed by atoms with Crippen LogP contribution in [0.1, 0.15) is 23.2 Å². The van der Waals surface area contributed by atoms with Crippen LogP contribution in [0.15, 0.2) is 24.3 Å². The molecular formula is C15H19ClN2O3. The number of carboxylic acids is 1. The number of piperazine rings is 1. The van der Waals surface area contributed by atoms with Crippen molar-refractivity contribution in [3.05, 3.63) is 34.9 Å². The van der Waals surface area contributed by atoms with Crippen molar-refractivity contribution in [3.8, 4) is 0 Å². The van der Waals surface area contributed by atoms with Gasteiger partial charge in [0, 0.05) is 43.2 Å². The average Bonchev–Trinajstić information content (AvgIpc) is 2.48. The Balaban J connectivity index is 1.79. The molecule has 0 radical (unpaired) electrons. The van der Waals surface area contributed by atoms with E-state index in [0.717, 1.165) is 19.6 Å². The van der Waals surface area contributed by atoms with Crippen molar-refractivity contribution in [2.75, 3.05) is 32.7 Å². The third-order valence-electron chi connectivity index (χ3n) is 3.62. The molecule has 114 valence electrons. The van der Waals surface area contributed by atoms with Crippen molar-refractivity contribution >= 4 is 23.5 Å². The Morgan fingerprint density at radius 2 is 1.71 bits per heavy atom. The minimum atomic E-state index is -0.758. The molecule has 0 unspecified atom stereocenters. The van der Waals surface area contributed by atoms with Crippen LogP contribution < -0.4 is 0 Å². The molecule has 1 heterocycles. The Morgan fingerprint density at radius 1 is 1.10 bits per heavy atom. The summed E-state index contributed by atoms with van der Waals surface area (Å²) in [6, 6.07) is 6.92. The Morgan fingerprint density at radius 3 is 2.29 bits per heavy atom. The van der Waals surface area contributed by atoms with Crippen molar-refractivity contribution in [1.82, 2.24) is 9.80 Å². The second kappa shape index (κ2) is 7.43. The molecule has 1 aromatic rings. The number of nitrogens with zero attached hydrogens (tertiary/aromatic N) is 2. The van der Waals surface area contributed by atoms with Crippen LogP contribution in [-0.4, -0.2) is 59.5 Å². The molecule has 1 aliphatic rings. The topological polar surface area (TPSA) is 60.9 Å². The third-order valence-corrected chi connectivity index (χ3v) is 3.87. The number of hydrogen-bond acceptors (Lipinski definition) is 3. The van der Waals surface area contributed by atoms with E-state index in [1.54, 1.807) is 24.3 Å². The van der Waals surface area contributed by atoms with E-state index >= 15 is 0 Å². The molecule has 1 fully saturated rings. The van der Waals surface area contributed by atoms with Crippen molar-refractivity contribution < 1.29 is 14.7 Å². The fourth-order valence-electron chi connectivity index (χ4n) is 2.40. The highest BCUT2D eigenvalue weighted by atomic mass is 35.5. The molecule has 0 aliphatic carbocycles. The number of carbonyl (C=O) groups is 2. The van der Waals surface area contributed by atoms with E-state index in [2.05, 4.69) is 4.90 Å². The molecule has 0 aromatic heterocycles. The van der Waals surface area contributed by atoms with Gasteiger partial charge in [0.2, 0.25) is 0 Å². The molecule has 1 amide bonds. The maximum absolute atomic E-state index is 12.3. The lowest BCUT2D eigenvalue weighted by molar-refractivity contribution is -0.137. The predicted octanol–water partition coefficient (Wildman–Crippen LogP) is 1.96. The number of carboxylic acid groups (broad SMARTS) is 1. The normalized spacial score (nSPS) is 16.0. The van der Waals surface area contributed by atoms with E-state index in [9.17, 15) is 9.59 Å². The first kappa shape index (κ1) is 15.8. The first-order valence-corrected chi connectivity index (χ1v) is 7.43. The molecule has 6 heteroatoms. The van der Waals surface area contributed by atoms with Crippen LogP contribution in [-0.2, 0) is 4.79 Å². The summed E-state index contributed by atoms with van der Waals surface area (Å²) in [7, 11) is 0. The first-order chi connectivity index (χ1) is 10.1. The van der Waals surface area contributed by atoms with Gasteiger partial charge in [-0.05, 0) is 37.2 Å². The van der Waals surface area contributed by atoms with Gasteiger partial charge in [-0.1, -0.05) is 11.6 Å². The van der Waals surface area contributed by atoms with Crippen LogP contribution in [0.2, 0.25) is 5.02 Å². The van der Waals surface area contributed by atoms with Crippen molar-refractivity contribution in [1.29, 1.82) is 0 Å². The number of halogens is 1. The molecule has 0 spiro atoms. The van der Waals surface area contributed by atoms with Crippen LogP contribution in [0.5, 0.6) is 0 Å². The quantitative estimate of drug-likeness (QED) is 0.903. The van der Waals surface area contributed by atoms with E-state index < -0.39 is 5.97 Å². The van der Waals surface area contributed by atoms with Crippen LogP contribution >= 0.6 is 11.6 Å². The SMILES string of the molecule is O=C(O)CCCN1CCN(C(=O)c2ccc(Cl)cc2)CC1. The monoisotopic (exact) mass is 310 g/mol. The Hall–Kier alpha value is -1.59. The van der Waals surface area contributed by atoms with E-state index in [1.807, 2.05) is 4.90 Å². The lowest BCUT2D eigenvalue weighted by Gasteiger charge is -2.34. The summed E-state index contributed by atoms with van der Waals surface area (Å²) in [5.74, 6) is -0.733. The highest BCUT2D eigenvalue weighted by Crippen LogP contribution is 2.13. The molecule has 2 rings (SSSR count). The van der Waals surface area contributed by atoms with Gasteiger partial charge in [0.15, 0.2) is 0 Å². The van der Waals surface area contributed by atoms with Gasteiger partial charge in [-0.3, -0.25) is 14.5 Å². The second-order valence-corrected chi connectivity index (χ2v) is 5.57. The summed E-state index contributed by atoms with van der Waals surface area (Å²) in [5.41, 5.74) is 0.652. The molecule has 1 saturated heterocycles. The van der Waals surface area contributed by atoms with Gasteiger partial charge in [-0.2, -0.15) is 0 Å². The van der Waals surface area contributed by atoms with Gasteiger partial charge in [0.1, 0.15) is 0 Å². The molecule has 1 N–H and O–H groups in total. The zero-order valence-electron chi connectivity index (χ0n) is 11.8. The number of benzene rings is 1. The van der Waals surface area contributed by atoms with E-state index in [-0.39, 0.29) is 12.3 Å². The first-order valence-electron chi connectivity index (χ1n) is 7.05. The van der Waals surface area contributed by atoms with Gasteiger partial charge in [-0.15, -0.1) is 0 Å². The number of aliphatic carboxylic acids is 1. The lowest BCUT2D eigenvalue weighted by Crippen LogP contribution is -2.48. The standard InChI is InChI=1S/C15H19ClN2O3/c16-13-5-3-12(4-6-13)15(21)18-10-8-17(9-11-18)7-1-2-14(19)20/h3-6H,1-2,7-11H2,(H,19,20). The van der Waals surface area contributed by atoms with Gasteiger partial charge in [0.05, 0.1) is 0 Å². The fraction of sp³-hybridized carbons (Fsp3) is 0.467. The molecule has 21 heavy (non-hydrogen) atoms. The molecule has 1 aromatic carbocycles. The van der Waals surface area contributed by atoms with Gasteiger partial charge >= 0.3 is 5.97 Å². The lowest BCUT2D eigenvalue weighted by atomic mass is 10.2. The minimum absolute atomic E-state index is 0.0249. The Bertz CT molecular complexity index is 496. The molecule has 5 nitrogen and oxygen atoms in total. The van der Waals surface area contributed by atoms with Crippen molar-refractivity contribution in [3.63, 3.8) is 0 Å². The highest BCUT2D eigenvalue weighted by Gasteiger charge is 2.21. The molecular weight excluding hydrogens is 292 g/mol. The molecule has 0 saturated carbocycles. The third kappa shape index (κ3) is 4.72. The maximum Gasteiger partial charge on any atom is 0.303 e. The van der Waals surface area contributed by atoms with Gasteiger partial charge < -0.3 is 10.0 Å². The summed E-state index contributed by atoms with van der Waals surface area (Å²) in [6.07, 6.45) is 0.852. The number of hydrogen-bond donors (Lipinski definition) is 1. The summed E-state index contributed by atoms with van der Waals surface area (Å²) in [5, 5.41) is 9.24. The van der Waals surface area contributed by atoms with Crippen LogP contribution in [0.3, 0.4) is 0 Å². The summed E-state index contributed by atoms with van der Waals surface area (Å²) in [6.45, 7) is 3.70. The second-order valence-electron chi connectivity index (χ2n) is 5.14. The van der Waals surface area contributed by atoms with E-state index in [4.69, 9.17) is 16.7 Å². The number of amides is 1. The molecule has 0 bridgehead atoms. The van der Waals surface area contributed by atoms with Crippen molar-refractivity contribution in [2.24, 2.45) is 0 Å². The Kier molecular flexibility index (Phi) is 5.59. The van der Waals surface area contributed by atoms with Crippen molar-refractivity contribution in [2.45, 2.75) is 12.8 Å². The predicted molar refractivity (Wildman–Crippen MR) is 80.7 cm³/mol. The largest absolute Gasteiger partial charge is 0.481 e. The summed E-state index contributed by atoms with van der Waals surface area (Å²) in [4.78, 5) is 26.8. The number of carbonyl (C=O) groups excluding carboxylic acids is 1. The smallest absolute Gasteiger partial charge is 0.303 e. The minimum Gasteiger partial charge on any atom is -0.481 e. The summed E-state index contributed by atoms with van der Waals surface area (Å²) >= 11 is 5.82. The van der Waals surface area contributed by atoms with Crippen LogP contribution in [0.25, 0.3) is 0 Å². The van der Waals surface area contributed by atoms with Crippen LogP contribution in [0, 0.1) is 0 Å². The zero-order valence-corrected chi connectivity index (χ0v) is 12.6. The highest BCUT2D eigenvalue weighted by molar-refractivity contribution is 6.30.